The molecule has 3 aromatic rings. The summed E-state index contributed by atoms with van der Waals surface area (Å²) in [5.74, 6) is 1.39. The van der Waals surface area contributed by atoms with Crippen LogP contribution in [0.3, 0.4) is 0 Å². The van der Waals surface area contributed by atoms with Crippen LogP contribution in [0.25, 0.3) is 11.0 Å². The summed E-state index contributed by atoms with van der Waals surface area (Å²) < 4.78 is 0. The van der Waals surface area contributed by atoms with Gasteiger partial charge in [0.1, 0.15) is 5.65 Å². The van der Waals surface area contributed by atoms with Crippen molar-refractivity contribution in [3.8, 4) is 0 Å². The lowest BCUT2D eigenvalue weighted by Crippen LogP contribution is -2.59. The number of fused-ring (bicyclic) bond motifs is 1. The molecule has 0 aliphatic heterocycles. The number of anilines is 2. The van der Waals surface area contributed by atoms with Gasteiger partial charge in [0.25, 0.3) is 5.91 Å². The summed E-state index contributed by atoms with van der Waals surface area (Å²) in [6.45, 7) is 0. The highest BCUT2D eigenvalue weighted by Crippen LogP contribution is 2.56. The van der Waals surface area contributed by atoms with Gasteiger partial charge in [-0.2, -0.15) is 0 Å². The fourth-order valence-corrected chi connectivity index (χ4v) is 6.44. The molecule has 0 saturated heterocycles. The number of pyridine rings is 1. The number of benzene rings is 1. The average Bonchev–Trinajstić information content (AvgIpc) is 3.19. The number of aromatic nitrogens is 2. The van der Waals surface area contributed by atoms with Crippen LogP contribution in [0.2, 0.25) is 0 Å². The van der Waals surface area contributed by atoms with Gasteiger partial charge in [-0.25, -0.2) is 4.98 Å². The Morgan fingerprint density at radius 3 is 2.60 bits per heavy atom. The third-order valence-electron chi connectivity index (χ3n) is 7.41. The molecule has 2 aromatic heterocycles. The van der Waals surface area contributed by atoms with Crippen molar-refractivity contribution in [2.24, 2.45) is 17.8 Å². The molecular formula is C24H26N4O2. The van der Waals surface area contributed by atoms with Crippen molar-refractivity contribution in [1.29, 1.82) is 0 Å². The first kappa shape index (κ1) is 18.0. The van der Waals surface area contributed by atoms with E-state index in [1.165, 1.54) is 12.8 Å². The molecule has 4 saturated carbocycles. The summed E-state index contributed by atoms with van der Waals surface area (Å²) in [6, 6.07) is 11.8. The molecule has 6 nitrogen and oxygen atoms in total. The van der Waals surface area contributed by atoms with Gasteiger partial charge in [-0.1, -0.05) is 18.2 Å². The molecular weight excluding hydrogens is 376 g/mol. The van der Waals surface area contributed by atoms with Gasteiger partial charge in [-0.05, 0) is 68.1 Å². The minimum Gasteiger partial charge on any atom is -0.390 e. The lowest BCUT2D eigenvalue weighted by Gasteiger charge is -2.58. The number of aromatic amines is 1. The van der Waals surface area contributed by atoms with Crippen molar-refractivity contribution in [3.05, 3.63) is 54.4 Å². The van der Waals surface area contributed by atoms with E-state index >= 15 is 0 Å². The van der Waals surface area contributed by atoms with E-state index in [4.69, 9.17) is 0 Å². The number of nitrogens with zero attached hydrogens (tertiary/aromatic N) is 1. The molecule has 1 aromatic carbocycles. The second kappa shape index (κ2) is 6.57. The van der Waals surface area contributed by atoms with E-state index in [1.54, 1.807) is 6.20 Å². The Balaban J connectivity index is 1.35. The summed E-state index contributed by atoms with van der Waals surface area (Å²) in [7, 11) is 0. The first-order chi connectivity index (χ1) is 14.6. The number of aliphatic hydroxyl groups is 1. The summed E-state index contributed by atoms with van der Waals surface area (Å²) in [5.41, 5.74) is 2.47. The monoisotopic (exact) mass is 402 g/mol. The van der Waals surface area contributed by atoms with E-state index in [0.717, 1.165) is 41.7 Å². The molecule has 2 atom stereocenters. The Bertz CT molecular complexity index is 1090. The molecule has 0 spiro atoms. The molecule has 7 rings (SSSR count). The fourth-order valence-electron chi connectivity index (χ4n) is 6.44. The number of carbonyl (C=O) groups is 1. The number of carbonyl (C=O) groups excluding carboxylic acids is 1. The van der Waals surface area contributed by atoms with Crippen molar-refractivity contribution in [2.45, 2.75) is 43.7 Å². The fraction of sp³-hybridized carbons (Fsp3) is 0.417. The Hall–Kier alpha value is -2.86. The highest BCUT2D eigenvalue weighted by atomic mass is 16.3. The number of para-hydroxylation sites is 1. The minimum absolute atomic E-state index is 0.165. The Kier molecular flexibility index (Phi) is 3.93. The predicted octanol–water partition coefficient (Wildman–Crippen LogP) is 4.17. The van der Waals surface area contributed by atoms with E-state index in [1.807, 2.05) is 42.6 Å². The highest BCUT2D eigenvalue weighted by molar-refractivity contribution is 6.12. The third-order valence-corrected chi connectivity index (χ3v) is 7.41. The van der Waals surface area contributed by atoms with E-state index in [-0.39, 0.29) is 11.9 Å². The molecule has 2 unspecified atom stereocenters. The summed E-state index contributed by atoms with van der Waals surface area (Å²) >= 11 is 0. The molecule has 4 aliphatic rings. The Morgan fingerprint density at radius 1 is 1.10 bits per heavy atom. The molecule has 4 aliphatic carbocycles. The van der Waals surface area contributed by atoms with Crippen LogP contribution >= 0.6 is 0 Å². The van der Waals surface area contributed by atoms with E-state index in [9.17, 15) is 9.90 Å². The minimum atomic E-state index is -0.468. The van der Waals surface area contributed by atoms with E-state index < -0.39 is 5.60 Å². The maximum absolute atomic E-state index is 13.2. The van der Waals surface area contributed by atoms with Gasteiger partial charge in [0.2, 0.25) is 0 Å². The van der Waals surface area contributed by atoms with E-state index in [2.05, 4.69) is 20.6 Å². The number of H-pyrrole nitrogens is 1. The number of amides is 1. The van der Waals surface area contributed by atoms with Gasteiger partial charge in [0.05, 0.1) is 16.9 Å². The van der Waals surface area contributed by atoms with Gasteiger partial charge < -0.3 is 20.7 Å². The van der Waals surface area contributed by atoms with Crippen LogP contribution in [0.15, 0.2) is 48.8 Å². The van der Waals surface area contributed by atoms with Gasteiger partial charge in [0.15, 0.2) is 0 Å². The normalized spacial score (nSPS) is 31.8. The maximum atomic E-state index is 13.2. The lowest BCUT2D eigenvalue weighted by molar-refractivity contribution is -0.129. The molecule has 0 radical (unpaired) electrons. The third kappa shape index (κ3) is 2.89. The van der Waals surface area contributed by atoms with E-state index in [0.29, 0.717) is 23.3 Å². The van der Waals surface area contributed by atoms with Crippen LogP contribution in [0.4, 0.5) is 11.4 Å². The molecule has 30 heavy (non-hydrogen) atoms. The van der Waals surface area contributed by atoms with Crippen molar-refractivity contribution in [3.63, 3.8) is 0 Å². The SMILES string of the molecule is O=C(Nc1ccccc1)c1cnc2[nH]ccc2c1N[C@H]1C2CC3CC1C[C@@](O)(C3)C2. The first-order valence-electron chi connectivity index (χ1n) is 10.9. The number of rotatable bonds is 4. The maximum Gasteiger partial charge on any atom is 0.259 e. The second-order valence-corrected chi connectivity index (χ2v) is 9.47. The topological polar surface area (TPSA) is 90.0 Å². The Morgan fingerprint density at radius 2 is 1.87 bits per heavy atom. The molecule has 4 fully saturated rings. The Labute approximate surface area is 175 Å². The second-order valence-electron chi connectivity index (χ2n) is 9.47. The average molecular weight is 402 g/mol. The quantitative estimate of drug-likeness (QED) is 0.527. The molecule has 4 bridgehead atoms. The van der Waals surface area contributed by atoms with Crippen LogP contribution in [-0.2, 0) is 0 Å². The largest absolute Gasteiger partial charge is 0.390 e. The molecule has 6 heteroatoms. The number of hydrogen-bond acceptors (Lipinski definition) is 4. The van der Waals surface area contributed by atoms with Crippen molar-refractivity contribution in [2.75, 3.05) is 10.6 Å². The van der Waals surface area contributed by atoms with Crippen molar-refractivity contribution in [1.82, 2.24) is 9.97 Å². The molecule has 154 valence electrons. The molecule has 4 N–H and O–H groups in total. The molecule has 2 heterocycles. The zero-order chi connectivity index (χ0) is 20.3. The zero-order valence-corrected chi connectivity index (χ0v) is 16.8. The predicted molar refractivity (Wildman–Crippen MR) is 116 cm³/mol. The van der Waals surface area contributed by atoms with Crippen LogP contribution in [0, 0.1) is 17.8 Å². The van der Waals surface area contributed by atoms with Gasteiger partial charge in [0, 0.05) is 29.5 Å². The molecule has 1 amide bonds. The summed E-state index contributed by atoms with van der Waals surface area (Å²) in [5, 5.41) is 18.6. The lowest BCUT2D eigenvalue weighted by atomic mass is 9.52. The first-order valence-corrected chi connectivity index (χ1v) is 10.9. The van der Waals surface area contributed by atoms with Crippen LogP contribution in [0.5, 0.6) is 0 Å². The van der Waals surface area contributed by atoms with Gasteiger partial charge in [-0.15, -0.1) is 0 Å². The van der Waals surface area contributed by atoms with Crippen LogP contribution in [-0.4, -0.2) is 32.6 Å². The van der Waals surface area contributed by atoms with Gasteiger partial charge in [-0.3, -0.25) is 4.79 Å². The number of hydrogen-bond donors (Lipinski definition) is 4. The summed E-state index contributed by atoms with van der Waals surface area (Å²) in [4.78, 5) is 20.8. The van der Waals surface area contributed by atoms with Gasteiger partial charge >= 0.3 is 0 Å². The summed E-state index contributed by atoms with van der Waals surface area (Å²) in [6.07, 6.45) is 8.56. The van der Waals surface area contributed by atoms with Crippen molar-refractivity contribution < 1.29 is 9.90 Å². The smallest absolute Gasteiger partial charge is 0.259 e. The highest BCUT2D eigenvalue weighted by Gasteiger charge is 2.54. The standard InChI is InChI=1S/C24H26N4O2/c29-23(27-17-4-2-1-3-5-17)19-13-26-22-18(6-7-25-22)21(19)28-20-15-8-14-9-16(20)12-24(30,10-14)11-15/h1-7,13-16,20,30H,8-12H2,(H,27,29)(H2,25,26,28)/t14?,15?,16?,20-,24+. The van der Waals surface area contributed by atoms with Crippen molar-refractivity contribution >= 4 is 28.3 Å². The van der Waals surface area contributed by atoms with Crippen LogP contribution in [0.1, 0.15) is 42.5 Å². The zero-order valence-electron chi connectivity index (χ0n) is 16.8. The number of nitrogens with one attached hydrogen (secondary N) is 3. The van der Waals surface area contributed by atoms with Crippen LogP contribution < -0.4 is 10.6 Å².